The van der Waals surface area contributed by atoms with Crippen molar-refractivity contribution in [3.63, 3.8) is 0 Å². The molecule has 9 heteroatoms. The van der Waals surface area contributed by atoms with Crippen LogP contribution in [0.25, 0.3) is 11.0 Å². The standard InChI is InChI=1S/C11H8F6N2O/c12-10(13,14)5-20-4-9-18-7-2-1-6(11(15,16)17)3-8(7)19-9/h1-3H,4-5H2,(H,18,19). The first-order chi connectivity index (χ1) is 9.15. The van der Waals surface area contributed by atoms with Crippen LogP contribution in [0.15, 0.2) is 18.2 Å². The average Bonchev–Trinajstić information content (AvgIpc) is 2.67. The van der Waals surface area contributed by atoms with Crippen molar-refractivity contribution in [3.05, 3.63) is 29.6 Å². The number of nitrogens with zero attached hydrogens (tertiary/aromatic N) is 1. The number of rotatable bonds is 3. The summed E-state index contributed by atoms with van der Waals surface area (Å²) in [6.45, 7) is -1.91. The molecule has 0 aliphatic rings. The Kier molecular flexibility index (Phi) is 3.63. The highest BCUT2D eigenvalue weighted by atomic mass is 19.4. The Bertz CT molecular complexity index is 601. The lowest BCUT2D eigenvalue weighted by Crippen LogP contribution is -2.16. The van der Waals surface area contributed by atoms with E-state index in [2.05, 4.69) is 14.7 Å². The number of hydrogen-bond acceptors (Lipinski definition) is 2. The maximum atomic E-state index is 12.5. The second-order valence-electron chi connectivity index (χ2n) is 4.02. The van der Waals surface area contributed by atoms with Crippen LogP contribution in [-0.4, -0.2) is 22.8 Å². The fourth-order valence-corrected chi connectivity index (χ4v) is 1.57. The van der Waals surface area contributed by atoms with Gasteiger partial charge in [-0.15, -0.1) is 0 Å². The molecule has 0 saturated carbocycles. The summed E-state index contributed by atoms with van der Waals surface area (Å²) in [6, 6.07) is 2.83. The molecule has 3 nitrogen and oxygen atoms in total. The minimum atomic E-state index is -4.49. The molecule has 0 unspecified atom stereocenters. The molecule has 0 fully saturated rings. The molecule has 0 amide bonds. The van der Waals surface area contributed by atoms with E-state index in [9.17, 15) is 26.3 Å². The number of halogens is 6. The van der Waals surface area contributed by atoms with Gasteiger partial charge in [0.2, 0.25) is 0 Å². The van der Waals surface area contributed by atoms with Crippen LogP contribution in [-0.2, 0) is 17.5 Å². The molecular weight excluding hydrogens is 290 g/mol. The molecule has 0 saturated heterocycles. The molecule has 0 bridgehead atoms. The van der Waals surface area contributed by atoms with Gasteiger partial charge >= 0.3 is 12.4 Å². The minimum Gasteiger partial charge on any atom is -0.364 e. The van der Waals surface area contributed by atoms with E-state index in [4.69, 9.17) is 0 Å². The first kappa shape index (κ1) is 14.6. The van der Waals surface area contributed by atoms with Gasteiger partial charge in [-0.2, -0.15) is 26.3 Å². The monoisotopic (exact) mass is 298 g/mol. The molecule has 0 aliphatic carbocycles. The van der Waals surface area contributed by atoms with Gasteiger partial charge in [-0.1, -0.05) is 0 Å². The van der Waals surface area contributed by atoms with E-state index in [0.29, 0.717) is 0 Å². The smallest absolute Gasteiger partial charge is 0.364 e. The molecular formula is C11H8F6N2O. The summed E-state index contributed by atoms with van der Waals surface area (Å²) in [6.07, 6.45) is -8.96. The SMILES string of the molecule is FC(F)(F)COCc1nc2ccc(C(F)(F)F)cc2[nH]1. The van der Waals surface area contributed by atoms with Crippen LogP contribution in [0.4, 0.5) is 26.3 Å². The van der Waals surface area contributed by atoms with Gasteiger partial charge in [-0.05, 0) is 18.2 Å². The van der Waals surface area contributed by atoms with Crippen LogP contribution in [0.3, 0.4) is 0 Å². The van der Waals surface area contributed by atoms with Gasteiger partial charge in [0.1, 0.15) is 19.0 Å². The minimum absolute atomic E-state index is 0.0311. The third-order valence-electron chi connectivity index (χ3n) is 2.36. The van der Waals surface area contributed by atoms with Crippen molar-refractivity contribution in [2.45, 2.75) is 19.0 Å². The maximum Gasteiger partial charge on any atom is 0.416 e. The number of fused-ring (bicyclic) bond motifs is 1. The van der Waals surface area contributed by atoms with Gasteiger partial charge in [0, 0.05) is 0 Å². The van der Waals surface area contributed by atoms with Gasteiger partial charge in [0.15, 0.2) is 0 Å². The molecule has 20 heavy (non-hydrogen) atoms. The zero-order valence-corrected chi connectivity index (χ0v) is 9.77. The quantitative estimate of drug-likeness (QED) is 0.878. The lowest BCUT2D eigenvalue weighted by molar-refractivity contribution is -0.177. The molecule has 110 valence electrons. The Morgan fingerprint density at radius 3 is 2.40 bits per heavy atom. The molecule has 0 atom stereocenters. The van der Waals surface area contributed by atoms with Gasteiger partial charge in [-0.25, -0.2) is 4.98 Å². The summed E-state index contributed by atoms with van der Waals surface area (Å²) in [4.78, 5) is 6.33. The number of benzene rings is 1. The summed E-state index contributed by atoms with van der Waals surface area (Å²) >= 11 is 0. The van der Waals surface area contributed by atoms with Crippen molar-refractivity contribution >= 4 is 11.0 Å². The Hall–Kier alpha value is -1.77. The zero-order valence-electron chi connectivity index (χ0n) is 9.77. The Labute approximate surface area is 108 Å². The Balaban J connectivity index is 2.13. The second kappa shape index (κ2) is 4.97. The van der Waals surface area contributed by atoms with Crippen LogP contribution in [0.1, 0.15) is 11.4 Å². The third kappa shape index (κ3) is 3.62. The second-order valence-corrected chi connectivity index (χ2v) is 4.02. The number of H-pyrrole nitrogens is 1. The average molecular weight is 298 g/mol. The Morgan fingerprint density at radius 2 is 1.80 bits per heavy atom. The lowest BCUT2D eigenvalue weighted by Gasteiger charge is -2.05. The molecule has 1 heterocycles. The Morgan fingerprint density at radius 1 is 1.10 bits per heavy atom. The summed E-state index contributed by atoms with van der Waals surface area (Å²) in [5, 5.41) is 0. The van der Waals surface area contributed by atoms with Gasteiger partial charge in [-0.3, -0.25) is 0 Å². The number of aromatic amines is 1. The normalized spacial score (nSPS) is 13.1. The van der Waals surface area contributed by atoms with Crippen molar-refractivity contribution in [1.29, 1.82) is 0 Å². The van der Waals surface area contributed by atoms with Crippen LogP contribution in [0, 0.1) is 0 Å². The summed E-state index contributed by atoms with van der Waals surface area (Å²) in [5.74, 6) is 0.0311. The highest BCUT2D eigenvalue weighted by Gasteiger charge is 2.31. The van der Waals surface area contributed by atoms with Crippen LogP contribution < -0.4 is 0 Å². The number of alkyl halides is 6. The van der Waals surface area contributed by atoms with E-state index in [1.807, 2.05) is 0 Å². The summed E-state index contributed by atoms with van der Waals surface area (Å²) in [7, 11) is 0. The molecule has 0 spiro atoms. The number of imidazole rings is 1. The van der Waals surface area contributed by atoms with Crippen molar-refractivity contribution in [1.82, 2.24) is 9.97 Å². The van der Waals surface area contributed by atoms with Gasteiger partial charge in [0.05, 0.1) is 16.6 Å². The number of nitrogens with one attached hydrogen (secondary N) is 1. The highest BCUT2D eigenvalue weighted by molar-refractivity contribution is 5.76. The van der Waals surface area contributed by atoms with E-state index in [1.54, 1.807) is 0 Å². The van der Waals surface area contributed by atoms with Crippen LogP contribution >= 0.6 is 0 Å². The topological polar surface area (TPSA) is 37.9 Å². The largest absolute Gasteiger partial charge is 0.416 e. The predicted molar refractivity (Wildman–Crippen MR) is 56.8 cm³/mol. The molecule has 2 rings (SSSR count). The van der Waals surface area contributed by atoms with E-state index in [-0.39, 0.29) is 16.9 Å². The summed E-state index contributed by atoms with van der Waals surface area (Å²) in [5.41, 5.74) is -0.551. The summed E-state index contributed by atoms with van der Waals surface area (Å²) < 4.78 is 77.4. The van der Waals surface area contributed by atoms with Gasteiger partial charge < -0.3 is 9.72 Å². The molecule has 1 N–H and O–H groups in total. The fourth-order valence-electron chi connectivity index (χ4n) is 1.57. The van der Waals surface area contributed by atoms with E-state index < -0.39 is 31.1 Å². The lowest BCUT2D eigenvalue weighted by atomic mass is 10.2. The van der Waals surface area contributed by atoms with Crippen molar-refractivity contribution < 1.29 is 31.1 Å². The number of hydrogen-bond donors (Lipinski definition) is 1. The highest BCUT2D eigenvalue weighted by Crippen LogP contribution is 2.30. The van der Waals surface area contributed by atoms with Crippen molar-refractivity contribution in [2.24, 2.45) is 0 Å². The van der Waals surface area contributed by atoms with E-state index in [1.165, 1.54) is 0 Å². The van der Waals surface area contributed by atoms with E-state index >= 15 is 0 Å². The number of ether oxygens (including phenoxy) is 1. The molecule has 1 aromatic heterocycles. The van der Waals surface area contributed by atoms with Crippen molar-refractivity contribution in [3.8, 4) is 0 Å². The van der Waals surface area contributed by atoms with Gasteiger partial charge in [0.25, 0.3) is 0 Å². The predicted octanol–water partition coefficient (Wildman–Crippen LogP) is 3.66. The van der Waals surface area contributed by atoms with Crippen LogP contribution in [0.2, 0.25) is 0 Å². The van der Waals surface area contributed by atoms with E-state index in [0.717, 1.165) is 18.2 Å². The maximum absolute atomic E-state index is 12.5. The zero-order chi connectivity index (χ0) is 15.0. The third-order valence-corrected chi connectivity index (χ3v) is 2.36. The molecule has 1 aromatic carbocycles. The number of aromatic nitrogens is 2. The first-order valence-electron chi connectivity index (χ1n) is 5.35. The molecule has 2 aromatic rings. The molecule has 0 radical (unpaired) electrons. The fraction of sp³-hybridized carbons (Fsp3) is 0.364. The van der Waals surface area contributed by atoms with Crippen molar-refractivity contribution in [2.75, 3.05) is 6.61 Å². The van der Waals surface area contributed by atoms with Crippen LogP contribution in [0.5, 0.6) is 0 Å². The first-order valence-corrected chi connectivity index (χ1v) is 5.35. The molecule has 0 aliphatic heterocycles.